The van der Waals surface area contributed by atoms with Crippen molar-refractivity contribution in [1.29, 1.82) is 0 Å². The average molecular weight is 335 g/mol. The maximum atomic E-state index is 13.1. The molecule has 128 valence electrons. The molecule has 1 aromatic carbocycles. The smallest absolute Gasteiger partial charge is 0.259 e. The van der Waals surface area contributed by atoms with Crippen LogP contribution in [0.25, 0.3) is 11.5 Å². The zero-order valence-electron chi connectivity index (χ0n) is 14.2. The van der Waals surface area contributed by atoms with E-state index in [1.54, 1.807) is 6.20 Å². The molecule has 0 N–H and O–H groups in total. The molecular weight excluding hydrogens is 314 g/mol. The van der Waals surface area contributed by atoms with Crippen LogP contribution in [0.5, 0.6) is 0 Å². The molecule has 1 fully saturated rings. The zero-order valence-corrected chi connectivity index (χ0v) is 14.2. The predicted molar refractivity (Wildman–Crippen MR) is 96.3 cm³/mol. The van der Waals surface area contributed by atoms with Crippen LogP contribution in [-0.4, -0.2) is 63.3 Å². The van der Waals surface area contributed by atoms with Crippen molar-refractivity contribution < 1.29 is 4.79 Å². The second kappa shape index (κ2) is 6.57. The van der Waals surface area contributed by atoms with Crippen LogP contribution in [0.4, 0.5) is 0 Å². The van der Waals surface area contributed by atoms with Gasteiger partial charge in [0.1, 0.15) is 5.56 Å². The van der Waals surface area contributed by atoms with E-state index in [-0.39, 0.29) is 5.91 Å². The Bertz CT molecular complexity index is 845. The highest BCUT2D eigenvalue weighted by atomic mass is 16.2. The van der Waals surface area contributed by atoms with Gasteiger partial charge in [-0.2, -0.15) is 5.10 Å². The summed E-state index contributed by atoms with van der Waals surface area (Å²) in [7, 11) is 2.08. The highest BCUT2D eigenvalue weighted by Gasteiger charge is 2.26. The largest absolute Gasteiger partial charge is 0.336 e. The van der Waals surface area contributed by atoms with E-state index in [4.69, 9.17) is 0 Å². The van der Waals surface area contributed by atoms with Gasteiger partial charge in [0.2, 0.25) is 0 Å². The van der Waals surface area contributed by atoms with Crippen molar-refractivity contribution in [1.82, 2.24) is 24.1 Å². The van der Waals surface area contributed by atoms with E-state index in [1.807, 2.05) is 69.0 Å². The third-order valence-corrected chi connectivity index (χ3v) is 4.61. The molecule has 0 radical (unpaired) electrons. The summed E-state index contributed by atoms with van der Waals surface area (Å²) in [5, 5.41) is 4.51. The molecule has 1 amide bonds. The second-order valence-corrected chi connectivity index (χ2v) is 6.31. The number of nitrogens with zero attached hydrogens (tertiary/aromatic N) is 5. The van der Waals surface area contributed by atoms with Crippen LogP contribution in [0.2, 0.25) is 0 Å². The standard InChI is InChI=1S/C19H21N5O/c1-21-11-13-23(14-12-21)19(25)17-15-20-24(16-7-3-2-4-8-16)18(17)22-9-5-6-10-22/h2-10,15H,11-14H2,1H3. The van der Waals surface area contributed by atoms with Gasteiger partial charge >= 0.3 is 0 Å². The van der Waals surface area contributed by atoms with E-state index >= 15 is 0 Å². The highest BCUT2D eigenvalue weighted by molar-refractivity contribution is 5.97. The SMILES string of the molecule is CN1CCN(C(=O)c2cnn(-c3ccccc3)c2-n2cccc2)CC1. The fraction of sp³-hybridized carbons (Fsp3) is 0.263. The molecular formula is C19H21N5O. The van der Waals surface area contributed by atoms with Gasteiger partial charge in [-0.3, -0.25) is 4.79 Å². The molecule has 6 heteroatoms. The maximum absolute atomic E-state index is 13.1. The lowest BCUT2D eigenvalue weighted by molar-refractivity contribution is 0.0664. The first kappa shape index (κ1) is 15.7. The molecule has 4 rings (SSSR count). The summed E-state index contributed by atoms with van der Waals surface area (Å²) in [6, 6.07) is 13.8. The topological polar surface area (TPSA) is 46.3 Å². The van der Waals surface area contributed by atoms with Gasteiger partial charge in [0.25, 0.3) is 5.91 Å². The van der Waals surface area contributed by atoms with Crippen molar-refractivity contribution in [2.75, 3.05) is 33.2 Å². The summed E-state index contributed by atoms with van der Waals surface area (Å²) in [4.78, 5) is 17.3. The van der Waals surface area contributed by atoms with E-state index in [0.717, 1.165) is 37.7 Å². The van der Waals surface area contributed by atoms with Crippen LogP contribution in [0.15, 0.2) is 61.1 Å². The summed E-state index contributed by atoms with van der Waals surface area (Å²) < 4.78 is 3.77. The number of carbonyl (C=O) groups excluding carboxylic acids is 1. The third-order valence-electron chi connectivity index (χ3n) is 4.61. The summed E-state index contributed by atoms with van der Waals surface area (Å²) in [6.07, 6.45) is 5.57. The fourth-order valence-corrected chi connectivity index (χ4v) is 3.16. The summed E-state index contributed by atoms with van der Waals surface area (Å²) in [5.74, 6) is 0.819. The van der Waals surface area contributed by atoms with Gasteiger partial charge in [-0.15, -0.1) is 0 Å². The number of para-hydroxylation sites is 1. The van der Waals surface area contributed by atoms with Gasteiger partial charge in [-0.1, -0.05) is 18.2 Å². The Kier molecular flexibility index (Phi) is 4.11. The number of aromatic nitrogens is 3. The number of rotatable bonds is 3. The Balaban J connectivity index is 1.76. The van der Waals surface area contributed by atoms with Crippen molar-refractivity contribution in [3.8, 4) is 11.5 Å². The van der Waals surface area contributed by atoms with Crippen LogP contribution in [0, 0.1) is 0 Å². The van der Waals surface area contributed by atoms with E-state index in [2.05, 4.69) is 17.0 Å². The van der Waals surface area contributed by atoms with Gasteiger partial charge in [0, 0.05) is 38.6 Å². The molecule has 0 aliphatic carbocycles. The highest BCUT2D eigenvalue weighted by Crippen LogP contribution is 2.21. The van der Waals surface area contributed by atoms with E-state index in [0.29, 0.717) is 5.56 Å². The Labute approximate surface area is 146 Å². The maximum Gasteiger partial charge on any atom is 0.259 e. The molecule has 0 unspecified atom stereocenters. The van der Waals surface area contributed by atoms with Crippen LogP contribution < -0.4 is 0 Å². The molecule has 6 nitrogen and oxygen atoms in total. The van der Waals surface area contributed by atoms with Crippen LogP contribution >= 0.6 is 0 Å². The molecule has 0 atom stereocenters. The zero-order chi connectivity index (χ0) is 17.2. The Morgan fingerprint density at radius 3 is 2.32 bits per heavy atom. The average Bonchev–Trinajstić information content (AvgIpc) is 3.32. The minimum atomic E-state index is 0.0407. The first-order chi connectivity index (χ1) is 12.2. The molecule has 1 aliphatic heterocycles. The van der Waals surface area contributed by atoms with Gasteiger partial charge in [0.05, 0.1) is 11.9 Å². The van der Waals surface area contributed by atoms with Gasteiger partial charge < -0.3 is 14.4 Å². The Hall–Kier alpha value is -2.86. The van der Waals surface area contributed by atoms with E-state index in [1.165, 1.54) is 0 Å². The molecule has 3 aromatic rings. The second-order valence-electron chi connectivity index (χ2n) is 6.31. The van der Waals surface area contributed by atoms with E-state index in [9.17, 15) is 4.79 Å². The van der Waals surface area contributed by atoms with E-state index < -0.39 is 0 Å². The van der Waals surface area contributed by atoms with Crippen LogP contribution in [0.3, 0.4) is 0 Å². The van der Waals surface area contributed by atoms with Crippen molar-refractivity contribution in [3.63, 3.8) is 0 Å². The minimum Gasteiger partial charge on any atom is -0.336 e. The van der Waals surface area contributed by atoms with Crippen LogP contribution in [-0.2, 0) is 0 Å². The lowest BCUT2D eigenvalue weighted by Crippen LogP contribution is -2.47. The number of likely N-dealkylation sites (N-methyl/N-ethyl adjacent to an activating group) is 1. The number of carbonyl (C=O) groups is 1. The number of hydrogen-bond acceptors (Lipinski definition) is 3. The first-order valence-electron chi connectivity index (χ1n) is 8.48. The number of amides is 1. The van der Waals surface area contributed by atoms with Gasteiger partial charge in [0.15, 0.2) is 5.82 Å². The van der Waals surface area contributed by atoms with Crippen molar-refractivity contribution in [2.24, 2.45) is 0 Å². The van der Waals surface area contributed by atoms with Crippen molar-refractivity contribution in [2.45, 2.75) is 0 Å². The third kappa shape index (κ3) is 2.96. The predicted octanol–water partition coefficient (Wildman–Crippen LogP) is 2.05. The summed E-state index contributed by atoms with van der Waals surface area (Å²) >= 11 is 0. The molecule has 25 heavy (non-hydrogen) atoms. The fourth-order valence-electron chi connectivity index (χ4n) is 3.16. The molecule has 1 saturated heterocycles. The Morgan fingerprint density at radius 2 is 1.64 bits per heavy atom. The number of piperazine rings is 1. The molecule has 0 bridgehead atoms. The lowest BCUT2D eigenvalue weighted by atomic mass is 10.2. The van der Waals surface area contributed by atoms with Crippen molar-refractivity contribution in [3.05, 3.63) is 66.6 Å². The quantitative estimate of drug-likeness (QED) is 0.736. The Morgan fingerprint density at radius 1 is 0.960 bits per heavy atom. The number of hydrogen-bond donors (Lipinski definition) is 0. The number of benzene rings is 1. The molecule has 0 saturated carbocycles. The van der Waals surface area contributed by atoms with Crippen LogP contribution in [0.1, 0.15) is 10.4 Å². The summed E-state index contributed by atoms with van der Waals surface area (Å²) in [6.45, 7) is 3.29. The van der Waals surface area contributed by atoms with Gasteiger partial charge in [-0.05, 0) is 31.3 Å². The molecule has 1 aliphatic rings. The monoisotopic (exact) mass is 335 g/mol. The van der Waals surface area contributed by atoms with Gasteiger partial charge in [-0.25, -0.2) is 4.68 Å². The molecule has 2 aromatic heterocycles. The summed E-state index contributed by atoms with van der Waals surface area (Å²) in [5.41, 5.74) is 1.56. The van der Waals surface area contributed by atoms with Crippen molar-refractivity contribution >= 4 is 5.91 Å². The lowest BCUT2D eigenvalue weighted by Gasteiger charge is -2.32. The first-order valence-corrected chi connectivity index (χ1v) is 8.48. The minimum absolute atomic E-state index is 0.0407. The molecule has 0 spiro atoms. The normalized spacial score (nSPS) is 15.5. The molecule has 3 heterocycles.